The molecule has 7 nitrogen and oxygen atoms in total. The van der Waals surface area contributed by atoms with E-state index in [4.69, 9.17) is 5.11 Å². The van der Waals surface area contributed by atoms with Crippen molar-refractivity contribution in [2.75, 3.05) is 27.3 Å². The lowest BCUT2D eigenvalue weighted by Gasteiger charge is -2.24. The summed E-state index contributed by atoms with van der Waals surface area (Å²) >= 11 is 0. The van der Waals surface area contributed by atoms with Crippen LogP contribution in [-0.2, 0) is 19.7 Å². The topological polar surface area (TPSA) is 95.9 Å². The number of hydrogen-bond acceptors (Lipinski definition) is 5. The molecule has 108 valence electrons. The molecule has 0 aromatic rings. The van der Waals surface area contributed by atoms with Gasteiger partial charge in [-0.2, -0.15) is 17.4 Å². The summed E-state index contributed by atoms with van der Waals surface area (Å²) in [5, 5.41) is 9.08. The van der Waals surface area contributed by atoms with Crippen LogP contribution >= 0.6 is 0 Å². The van der Waals surface area contributed by atoms with E-state index in [2.05, 4.69) is 9.46 Å². The molecule has 0 amide bonds. The number of rotatable bonds is 8. The van der Waals surface area contributed by atoms with Crippen LogP contribution in [0, 0.1) is 5.92 Å². The van der Waals surface area contributed by atoms with Crippen LogP contribution in [0.3, 0.4) is 0 Å². The van der Waals surface area contributed by atoms with Gasteiger partial charge in [-0.15, -0.1) is 0 Å². The first-order valence-electron chi connectivity index (χ1n) is 5.65. The van der Waals surface area contributed by atoms with Crippen LogP contribution in [0.15, 0.2) is 0 Å². The monoisotopic (exact) mass is 282 g/mol. The van der Waals surface area contributed by atoms with Gasteiger partial charge < -0.3 is 9.84 Å². The molecule has 0 heterocycles. The predicted octanol–water partition coefficient (Wildman–Crippen LogP) is -0.667. The normalized spacial score (nSPS) is 13.9. The highest BCUT2D eigenvalue weighted by molar-refractivity contribution is 7.87. The van der Waals surface area contributed by atoms with E-state index in [-0.39, 0.29) is 25.5 Å². The fourth-order valence-corrected chi connectivity index (χ4v) is 2.38. The van der Waals surface area contributed by atoms with Gasteiger partial charge in [0.15, 0.2) is 0 Å². The number of aliphatic hydroxyl groups is 1. The van der Waals surface area contributed by atoms with E-state index in [1.807, 2.05) is 0 Å². The lowest BCUT2D eigenvalue weighted by atomic mass is 10.1. The maximum Gasteiger partial charge on any atom is 0.306 e. The summed E-state index contributed by atoms with van der Waals surface area (Å²) in [4.78, 5) is 10.9. The highest BCUT2D eigenvalue weighted by Gasteiger charge is 2.24. The van der Waals surface area contributed by atoms with Gasteiger partial charge in [-0.1, -0.05) is 13.8 Å². The number of esters is 1. The zero-order chi connectivity index (χ0) is 14.3. The smallest absolute Gasteiger partial charge is 0.306 e. The van der Waals surface area contributed by atoms with Crippen LogP contribution in [0.1, 0.15) is 20.3 Å². The molecule has 0 radical (unpaired) electrons. The highest BCUT2D eigenvalue weighted by Crippen LogP contribution is 2.05. The molecule has 0 aliphatic carbocycles. The van der Waals surface area contributed by atoms with E-state index in [9.17, 15) is 13.2 Å². The third-order valence-electron chi connectivity index (χ3n) is 2.57. The Balaban J connectivity index is 4.48. The molecule has 0 saturated carbocycles. The molecular weight excluding hydrogens is 260 g/mol. The molecule has 8 heteroatoms. The number of nitrogens with zero attached hydrogens (tertiary/aromatic N) is 1. The van der Waals surface area contributed by atoms with Crippen molar-refractivity contribution in [1.82, 2.24) is 9.03 Å². The van der Waals surface area contributed by atoms with Gasteiger partial charge in [-0.3, -0.25) is 4.79 Å². The molecule has 18 heavy (non-hydrogen) atoms. The van der Waals surface area contributed by atoms with Crippen LogP contribution < -0.4 is 4.72 Å². The van der Waals surface area contributed by atoms with Crippen molar-refractivity contribution in [3.8, 4) is 0 Å². The Morgan fingerprint density at radius 3 is 2.39 bits per heavy atom. The Morgan fingerprint density at radius 2 is 2.00 bits per heavy atom. The Morgan fingerprint density at radius 1 is 1.44 bits per heavy atom. The summed E-state index contributed by atoms with van der Waals surface area (Å²) in [7, 11) is -1.10. The second-order valence-corrected chi connectivity index (χ2v) is 6.11. The average molecular weight is 282 g/mol. The molecule has 0 aliphatic rings. The Hall–Kier alpha value is -0.700. The molecule has 0 aliphatic heterocycles. The largest absolute Gasteiger partial charge is 0.469 e. The molecule has 0 rings (SSSR count). The van der Waals surface area contributed by atoms with Gasteiger partial charge in [0, 0.05) is 19.6 Å². The molecular formula is C10H22N2O5S. The number of carbonyl (C=O) groups excluding carboxylic acids is 1. The van der Waals surface area contributed by atoms with Gasteiger partial charge in [0.1, 0.15) is 0 Å². The van der Waals surface area contributed by atoms with E-state index in [0.717, 1.165) is 4.31 Å². The van der Waals surface area contributed by atoms with Crippen molar-refractivity contribution in [2.24, 2.45) is 5.92 Å². The van der Waals surface area contributed by atoms with Crippen molar-refractivity contribution in [2.45, 2.75) is 26.3 Å². The van der Waals surface area contributed by atoms with Crippen molar-refractivity contribution < 1.29 is 23.1 Å². The van der Waals surface area contributed by atoms with Gasteiger partial charge >= 0.3 is 5.97 Å². The Kier molecular flexibility index (Phi) is 7.37. The number of hydrogen-bond donors (Lipinski definition) is 2. The van der Waals surface area contributed by atoms with E-state index < -0.39 is 22.2 Å². The highest BCUT2D eigenvalue weighted by atomic mass is 32.2. The molecule has 0 spiro atoms. The molecule has 0 bridgehead atoms. The molecule has 0 aromatic heterocycles. The Labute approximate surface area is 108 Å². The second-order valence-electron chi connectivity index (χ2n) is 4.30. The zero-order valence-electron chi connectivity index (χ0n) is 11.2. The first-order chi connectivity index (χ1) is 8.24. The maximum absolute atomic E-state index is 11.9. The minimum Gasteiger partial charge on any atom is -0.469 e. The molecule has 2 N–H and O–H groups in total. The first-order valence-corrected chi connectivity index (χ1v) is 7.09. The van der Waals surface area contributed by atoms with Crippen molar-refractivity contribution >= 4 is 16.2 Å². The van der Waals surface area contributed by atoms with E-state index in [1.165, 1.54) is 14.2 Å². The third-order valence-corrected chi connectivity index (χ3v) is 4.17. The number of methoxy groups -OCH3 is 1. The average Bonchev–Trinajstić information content (AvgIpc) is 2.31. The molecule has 1 atom stereocenters. The summed E-state index contributed by atoms with van der Waals surface area (Å²) in [6.45, 7) is 3.36. The number of aliphatic hydroxyl groups excluding tert-OH is 1. The van der Waals surface area contributed by atoms with Crippen molar-refractivity contribution in [3.63, 3.8) is 0 Å². The van der Waals surface area contributed by atoms with Crippen LogP contribution in [-0.4, -0.2) is 57.1 Å². The van der Waals surface area contributed by atoms with Crippen molar-refractivity contribution in [1.29, 1.82) is 0 Å². The lowest BCUT2D eigenvalue weighted by molar-refractivity contribution is -0.140. The summed E-state index contributed by atoms with van der Waals surface area (Å²) in [6.07, 6.45) is -0.0145. The quantitative estimate of drug-likeness (QED) is 0.576. The zero-order valence-corrected chi connectivity index (χ0v) is 12.0. The van der Waals surface area contributed by atoms with Gasteiger partial charge in [-0.25, -0.2) is 0 Å². The number of ether oxygens (including phenoxy) is 1. The minimum absolute atomic E-state index is 0.0145. The van der Waals surface area contributed by atoms with Crippen LogP contribution in [0.25, 0.3) is 0 Å². The van der Waals surface area contributed by atoms with Crippen LogP contribution in [0.2, 0.25) is 0 Å². The summed E-state index contributed by atoms with van der Waals surface area (Å²) in [6, 6.07) is -0.546. The fourth-order valence-electron chi connectivity index (χ4n) is 1.14. The molecule has 0 aromatic carbocycles. The van der Waals surface area contributed by atoms with E-state index in [1.54, 1.807) is 13.8 Å². The van der Waals surface area contributed by atoms with Crippen molar-refractivity contribution in [3.05, 3.63) is 0 Å². The summed E-state index contributed by atoms with van der Waals surface area (Å²) in [5.74, 6) is -0.501. The molecule has 0 unspecified atom stereocenters. The molecule has 0 saturated heterocycles. The summed E-state index contributed by atoms with van der Waals surface area (Å²) in [5.41, 5.74) is 0. The number of nitrogens with one attached hydrogen (secondary N) is 1. The Bertz CT molecular complexity index is 355. The van der Waals surface area contributed by atoms with Gasteiger partial charge in [0.05, 0.1) is 20.1 Å². The molecule has 0 fully saturated rings. The van der Waals surface area contributed by atoms with Gasteiger partial charge in [0.2, 0.25) is 0 Å². The third kappa shape index (κ3) is 5.76. The van der Waals surface area contributed by atoms with Crippen LogP contribution in [0.5, 0.6) is 0 Å². The van der Waals surface area contributed by atoms with E-state index in [0.29, 0.717) is 0 Å². The van der Waals surface area contributed by atoms with Gasteiger partial charge in [0.25, 0.3) is 10.2 Å². The van der Waals surface area contributed by atoms with Crippen LogP contribution in [0.4, 0.5) is 0 Å². The minimum atomic E-state index is -3.70. The summed E-state index contributed by atoms with van der Waals surface area (Å²) < 4.78 is 31.5. The fraction of sp³-hybridized carbons (Fsp3) is 0.900. The first kappa shape index (κ1) is 17.3. The lowest BCUT2D eigenvalue weighted by Crippen LogP contribution is -2.47. The standard InChI is InChI=1S/C10H22N2O5S/c1-8(2)9(7-13)11-18(15,16)12(3)6-5-10(14)17-4/h8-9,11,13H,5-7H2,1-4H3/t9-/m1/s1. The predicted molar refractivity (Wildman–Crippen MR) is 67.0 cm³/mol. The number of carbonyl (C=O) groups is 1. The SMILES string of the molecule is COC(=O)CCN(C)S(=O)(=O)N[C@H](CO)C(C)C. The van der Waals surface area contributed by atoms with E-state index >= 15 is 0 Å². The maximum atomic E-state index is 11.9. The van der Waals surface area contributed by atoms with Gasteiger partial charge in [-0.05, 0) is 5.92 Å². The second kappa shape index (κ2) is 7.67.